The topological polar surface area (TPSA) is 458 Å². The van der Waals surface area contributed by atoms with Gasteiger partial charge in [-0.3, -0.25) is 56.6 Å². The van der Waals surface area contributed by atoms with E-state index in [0.29, 0.717) is 50.0 Å². The molecule has 3 aliphatic rings. The number of benzene rings is 6. The fourth-order valence-electron chi connectivity index (χ4n) is 11.5. The van der Waals surface area contributed by atoms with Crippen LogP contribution in [-0.4, -0.2) is 117 Å². The number of fused-ring (bicyclic) bond motifs is 3. The van der Waals surface area contributed by atoms with Gasteiger partial charge in [-0.25, -0.2) is 23.7 Å². The summed E-state index contributed by atoms with van der Waals surface area (Å²) in [6.07, 6.45) is 3.19. The van der Waals surface area contributed by atoms with Crippen LogP contribution in [0.1, 0.15) is 38.9 Å². The number of rotatable bonds is 36. The van der Waals surface area contributed by atoms with Crippen molar-refractivity contribution < 1.29 is 92.3 Å². The highest BCUT2D eigenvalue weighted by Crippen LogP contribution is 2.53. The average molecular weight is 1740 g/mol. The van der Waals surface area contributed by atoms with Crippen LogP contribution in [0.2, 0.25) is 5.02 Å². The molecule has 15 rings (SSSR count). The van der Waals surface area contributed by atoms with Gasteiger partial charge < -0.3 is 87.1 Å². The summed E-state index contributed by atoms with van der Waals surface area (Å²) in [4.78, 5) is 67.7. The fraction of sp³-hybridized carbons (Fsp3) is 0.203. The van der Waals surface area contributed by atoms with Gasteiger partial charge in [0.05, 0.1) is 58.6 Å². The number of aryl methyl sites for hydroxylation is 1. The van der Waals surface area contributed by atoms with Crippen molar-refractivity contribution in [1.29, 1.82) is 0 Å². The van der Waals surface area contributed by atoms with Crippen LogP contribution in [0, 0.1) is 18.6 Å². The van der Waals surface area contributed by atoms with Crippen LogP contribution in [0.4, 0.5) is 26.6 Å². The van der Waals surface area contributed by atoms with Crippen molar-refractivity contribution in [2.75, 3.05) is 75.9 Å². The lowest BCUT2D eigenvalue weighted by Gasteiger charge is -2.19. The van der Waals surface area contributed by atoms with E-state index in [-0.39, 0.29) is 173 Å². The first-order chi connectivity index (χ1) is 58.3. The highest BCUT2D eigenvalue weighted by atomic mass is 35.5. The Hall–Kier alpha value is -12.5. The summed E-state index contributed by atoms with van der Waals surface area (Å²) in [7, 11) is -11.5. The molecule has 0 spiro atoms. The molecular formula is C79H77ClF2N15O21P3. The number of nitrogen functional groups attached to an aromatic ring is 3. The summed E-state index contributed by atoms with van der Waals surface area (Å²) in [6, 6.07) is 44.6. The zero-order valence-electron chi connectivity index (χ0n) is 64.3. The van der Waals surface area contributed by atoms with E-state index in [1.807, 2.05) is 91.0 Å². The van der Waals surface area contributed by atoms with E-state index >= 15 is 0 Å². The first kappa shape index (κ1) is 86.3. The minimum Gasteiger partial charge on any atom is -0.424 e. The third-order valence-electron chi connectivity index (χ3n) is 17.4. The zero-order valence-corrected chi connectivity index (χ0v) is 67.7. The maximum Gasteiger partial charge on any atom is 0.356 e. The molecule has 3 unspecified atom stereocenters. The first-order valence-corrected chi connectivity index (χ1v) is 42.1. The molecule has 0 fully saturated rings. The molecule has 9 heterocycles. The van der Waals surface area contributed by atoms with Crippen LogP contribution < -0.4 is 33.9 Å². The number of imidazole rings is 3. The number of H-pyrrole nitrogens is 3. The second kappa shape index (κ2) is 39.6. The highest BCUT2D eigenvalue weighted by molar-refractivity contribution is 7.54. The largest absolute Gasteiger partial charge is 0.424 e. The van der Waals surface area contributed by atoms with Gasteiger partial charge in [-0.05, 0) is 104 Å². The number of aromatic nitrogens is 12. The van der Waals surface area contributed by atoms with E-state index in [2.05, 4.69) is 64.6 Å². The molecule has 0 aliphatic carbocycles. The fourth-order valence-corrected chi connectivity index (χ4v) is 15.3. The molecule has 0 saturated carbocycles. The Labute approximate surface area is 690 Å². The lowest BCUT2D eigenvalue weighted by molar-refractivity contribution is 0.114. The predicted octanol–water partition coefficient (Wildman–Crippen LogP) is 13.2. The Morgan fingerprint density at radius 1 is 0.421 bits per heavy atom. The number of anilines is 3. The van der Waals surface area contributed by atoms with Crippen LogP contribution >= 0.6 is 34.4 Å². The normalized spacial score (nSPS) is 14.8. The van der Waals surface area contributed by atoms with Crippen LogP contribution in [0.5, 0.6) is 0 Å². The molecule has 42 heteroatoms. The smallest absolute Gasteiger partial charge is 0.356 e. The van der Waals surface area contributed by atoms with Gasteiger partial charge in [-0.15, -0.1) is 0 Å². The summed E-state index contributed by atoms with van der Waals surface area (Å²) >= 11 is 6.00. The number of nitrogens with one attached hydrogen (secondary N) is 3. The van der Waals surface area contributed by atoms with Crippen LogP contribution in [0.15, 0.2) is 246 Å². The Morgan fingerprint density at radius 2 is 0.727 bits per heavy atom. The summed E-state index contributed by atoms with van der Waals surface area (Å²) < 4.78 is 159. The lowest BCUT2D eigenvalue weighted by atomic mass is 10.1. The van der Waals surface area contributed by atoms with Crippen molar-refractivity contribution >= 4 is 103 Å². The Balaban J connectivity index is 0.000000157. The molecule has 0 saturated heterocycles. The van der Waals surface area contributed by atoms with Gasteiger partial charge in [0.15, 0.2) is 68.0 Å². The molecule has 9 N–H and O–H groups in total. The van der Waals surface area contributed by atoms with Gasteiger partial charge in [-0.2, -0.15) is 15.0 Å². The number of nitrogens with zero attached hydrogens (tertiary/aromatic N) is 9. The minimum absolute atomic E-state index is 0.00124. The maximum absolute atomic E-state index is 14.2. The van der Waals surface area contributed by atoms with Gasteiger partial charge >= 0.3 is 22.8 Å². The van der Waals surface area contributed by atoms with Crippen LogP contribution in [0.25, 0.3) is 50.8 Å². The predicted molar refractivity (Wildman–Crippen MR) is 438 cm³/mol. The first-order valence-electron chi connectivity index (χ1n) is 36.5. The highest BCUT2D eigenvalue weighted by Gasteiger charge is 2.35. The molecule has 121 heavy (non-hydrogen) atoms. The van der Waals surface area contributed by atoms with E-state index in [1.165, 1.54) is 49.3 Å². The van der Waals surface area contributed by atoms with Crippen LogP contribution in [0.3, 0.4) is 0 Å². The molecule has 3 atom stereocenters. The van der Waals surface area contributed by atoms with Crippen molar-refractivity contribution in [3.8, 4) is 0 Å². The van der Waals surface area contributed by atoms with Gasteiger partial charge in [0.2, 0.25) is 17.8 Å². The maximum atomic E-state index is 14.2. The van der Waals surface area contributed by atoms with Gasteiger partial charge in [-0.1, -0.05) is 115 Å². The van der Waals surface area contributed by atoms with Crippen molar-refractivity contribution in [2.45, 2.75) is 46.4 Å². The zero-order chi connectivity index (χ0) is 85.2. The van der Waals surface area contributed by atoms with Gasteiger partial charge in [0.25, 0.3) is 34.5 Å². The number of aromatic amines is 3. The molecule has 36 nitrogen and oxygen atoms in total. The molecule has 0 amide bonds. The number of nitrogens with two attached hydrogens (primary N) is 3. The summed E-state index contributed by atoms with van der Waals surface area (Å²) in [6.45, 7) is 12.8. The van der Waals surface area contributed by atoms with E-state index < -0.39 is 57.4 Å². The standard InChI is InChI=1S/C27H27FN5O7P.C26H25ClN5O7P.C26H25FN5O7P/c1-17-8-9-20(12-21(17)28)24-22(39-18(2)40-24)14-38-41(35,37-13-19-6-4-3-5-7-19)16-36-11-10-33-15-30-23-25(33)31-27(29)32-26(23)34;2*1-17-38-21(23(39-17)19-7-9-20(27)10-8-19)14-37-40(34,36-13-18-5-3-2-4-6-18)16-35-12-11-32-15-29-22-24(32)30-26(28)31-25(22)33/h3-9,12,15H,2,10-11,13-14,16H2,1H3,(H3,29,31,32,34);2*2-10,15H,1,11-14,16H2,(H3,28,30,31,33). The lowest BCUT2D eigenvalue weighted by Crippen LogP contribution is -2.13. The molecule has 0 radical (unpaired) electrons. The quantitative estimate of drug-likeness (QED) is 0.0157. The van der Waals surface area contributed by atoms with Crippen molar-refractivity contribution in [3.05, 3.63) is 318 Å². The van der Waals surface area contributed by atoms with Crippen molar-refractivity contribution in [1.82, 2.24) is 58.6 Å². The second-order valence-corrected chi connectivity index (χ2v) is 32.6. The van der Waals surface area contributed by atoms with Crippen molar-refractivity contribution in [3.63, 3.8) is 0 Å². The Kier molecular flexibility index (Phi) is 28.2. The number of hydrogen-bond acceptors (Lipinski definition) is 30. The SMILES string of the molecule is C=C1OC(COP(=O)(COCCn2cnc3c(=O)[nH]c(N)nc32)OCc2ccccc2)=C(c2ccc(C)c(F)c2)O1.C=C1OC(COP(=O)(COCCn2cnc3c(=O)[nH]c(N)nc32)OCc2ccccc2)=C(c2ccc(Cl)cc2)O1.C=C1OC(COP(=O)(COCCn2cnc3c(=O)[nH]c(N)nc32)OCc2ccccc2)=C(c2ccc(F)cc2)O1. The monoisotopic (exact) mass is 1740 g/mol. The third kappa shape index (κ3) is 23.1. The number of halogens is 3. The van der Waals surface area contributed by atoms with Crippen molar-refractivity contribution in [2.24, 2.45) is 0 Å². The molecular weight excluding hydrogens is 1660 g/mol. The summed E-state index contributed by atoms with van der Waals surface area (Å²) in [5.41, 5.74) is 21.3. The van der Waals surface area contributed by atoms with E-state index in [9.17, 15) is 36.9 Å². The second-order valence-electron chi connectivity index (χ2n) is 26.2. The molecule has 3 aliphatic heterocycles. The number of ether oxygens (including phenoxy) is 9. The number of hydrogen-bond donors (Lipinski definition) is 6. The molecule has 6 aromatic heterocycles. The van der Waals surface area contributed by atoms with E-state index in [4.69, 9.17) is 98.6 Å². The Morgan fingerprint density at radius 3 is 1.06 bits per heavy atom. The third-order valence-corrected chi connectivity index (χ3v) is 22.3. The van der Waals surface area contributed by atoms with E-state index in [0.717, 1.165) is 16.7 Å². The van der Waals surface area contributed by atoms with E-state index in [1.54, 1.807) is 57.0 Å². The minimum atomic E-state index is -3.87. The summed E-state index contributed by atoms with van der Waals surface area (Å²) in [5, 5.41) is 0.561. The average Bonchev–Trinajstić information content (AvgIpc) is 1.56. The Bertz CT molecular complexity index is 5970. The molecule has 630 valence electrons. The van der Waals surface area contributed by atoms with Gasteiger partial charge in [0.1, 0.15) is 50.5 Å². The molecule has 0 bridgehead atoms. The molecule has 6 aromatic carbocycles. The summed E-state index contributed by atoms with van der Waals surface area (Å²) in [5.74, 6) is 0.517. The van der Waals surface area contributed by atoms with Gasteiger partial charge in [0, 0.05) is 41.3 Å². The molecule has 12 aromatic rings. The van der Waals surface area contributed by atoms with Crippen LogP contribution in [-0.2, 0) is 123 Å².